The Kier molecular flexibility index (Phi) is 6.18. The molecule has 0 saturated carbocycles. The Morgan fingerprint density at radius 2 is 1.81 bits per heavy atom. The van der Waals surface area contributed by atoms with Crippen molar-refractivity contribution < 1.29 is 0 Å². The molecule has 0 saturated heterocycles. The second kappa shape index (κ2) is 8.13. The molecule has 4 heteroatoms. The summed E-state index contributed by atoms with van der Waals surface area (Å²) in [6.07, 6.45) is 4.26. The quantitative estimate of drug-likeness (QED) is 0.650. The molecule has 1 aromatic carbocycles. The molecule has 0 aliphatic heterocycles. The van der Waals surface area contributed by atoms with Crippen molar-refractivity contribution in [2.24, 2.45) is 0 Å². The molecule has 21 heavy (non-hydrogen) atoms. The van der Waals surface area contributed by atoms with Crippen LogP contribution >= 0.6 is 15.9 Å². The Balaban J connectivity index is 2.36. The fourth-order valence-electron chi connectivity index (χ4n) is 2.23. The van der Waals surface area contributed by atoms with E-state index in [1.165, 1.54) is 5.69 Å². The Bertz CT molecular complexity index is 557. The van der Waals surface area contributed by atoms with E-state index in [0.717, 1.165) is 48.5 Å². The molecule has 2 aromatic rings. The average molecular weight is 348 g/mol. The van der Waals surface area contributed by atoms with Crippen LogP contribution in [0.4, 0.5) is 11.5 Å². The molecule has 0 fully saturated rings. The molecule has 0 N–H and O–H groups in total. The van der Waals surface area contributed by atoms with Crippen LogP contribution in [0.25, 0.3) is 0 Å². The second-order valence-corrected chi connectivity index (χ2v) is 5.87. The van der Waals surface area contributed by atoms with Crippen molar-refractivity contribution in [2.45, 2.75) is 39.5 Å². The van der Waals surface area contributed by atoms with E-state index in [4.69, 9.17) is 4.98 Å². The Hall–Kier alpha value is -1.42. The molecule has 0 spiro atoms. The summed E-state index contributed by atoms with van der Waals surface area (Å²) in [6.45, 7) is 5.33. The summed E-state index contributed by atoms with van der Waals surface area (Å²) in [5.74, 6) is 1.87. The first-order chi connectivity index (χ1) is 10.2. The summed E-state index contributed by atoms with van der Waals surface area (Å²) in [5.41, 5.74) is 1.18. The molecule has 1 aromatic heterocycles. The van der Waals surface area contributed by atoms with Crippen molar-refractivity contribution in [3.63, 3.8) is 0 Å². The largest absolute Gasteiger partial charge is 0.326 e. The van der Waals surface area contributed by atoms with Gasteiger partial charge in [0.1, 0.15) is 16.2 Å². The zero-order valence-electron chi connectivity index (χ0n) is 12.7. The standard InChI is InChI=1S/C17H22BrN3/c1-3-5-12-21(14-10-7-6-8-11-14)17-13-15(18)19-16(20-17)9-4-2/h6-8,10-11,13H,3-5,9,12H2,1-2H3. The van der Waals surface area contributed by atoms with E-state index < -0.39 is 0 Å². The lowest BCUT2D eigenvalue weighted by molar-refractivity contribution is 0.766. The van der Waals surface area contributed by atoms with Crippen LogP contribution in [-0.2, 0) is 6.42 Å². The van der Waals surface area contributed by atoms with Gasteiger partial charge in [-0.1, -0.05) is 38.5 Å². The van der Waals surface area contributed by atoms with Crippen LogP contribution < -0.4 is 4.90 Å². The van der Waals surface area contributed by atoms with Crippen LogP contribution in [0.1, 0.15) is 38.9 Å². The third-order valence-corrected chi connectivity index (χ3v) is 3.69. The molecule has 112 valence electrons. The van der Waals surface area contributed by atoms with Gasteiger partial charge >= 0.3 is 0 Å². The Labute approximate surface area is 135 Å². The average Bonchev–Trinajstić information content (AvgIpc) is 2.48. The number of halogens is 1. The molecule has 0 bridgehead atoms. The first kappa shape index (κ1) is 16.0. The van der Waals surface area contributed by atoms with Crippen molar-refractivity contribution in [2.75, 3.05) is 11.4 Å². The third-order valence-electron chi connectivity index (χ3n) is 3.28. The van der Waals surface area contributed by atoms with E-state index in [-0.39, 0.29) is 0 Å². The van der Waals surface area contributed by atoms with Crippen molar-refractivity contribution in [3.05, 3.63) is 46.8 Å². The highest BCUT2D eigenvalue weighted by Gasteiger charge is 2.12. The van der Waals surface area contributed by atoms with Crippen LogP contribution in [0.5, 0.6) is 0 Å². The third kappa shape index (κ3) is 4.53. The molecule has 2 rings (SSSR count). The Morgan fingerprint density at radius 1 is 1.05 bits per heavy atom. The van der Waals surface area contributed by atoms with Crippen LogP contribution in [0.15, 0.2) is 41.0 Å². The predicted molar refractivity (Wildman–Crippen MR) is 92.1 cm³/mol. The minimum Gasteiger partial charge on any atom is -0.326 e. The van der Waals surface area contributed by atoms with Crippen LogP contribution in [0.3, 0.4) is 0 Å². The van der Waals surface area contributed by atoms with Crippen LogP contribution in [0.2, 0.25) is 0 Å². The summed E-state index contributed by atoms with van der Waals surface area (Å²) >= 11 is 3.51. The Morgan fingerprint density at radius 3 is 2.48 bits per heavy atom. The van der Waals surface area contributed by atoms with E-state index in [9.17, 15) is 0 Å². The normalized spacial score (nSPS) is 10.6. The minimum atomic E-state index is 0.855. The van der Waals surface area contributed by atoms with Crippen LogP contribution in [0, 0.1) is 0 Å². The second-order valence-electron chi connectivity index (χ2n) is 5.06. The van der Waals surface area contributed by atoms with E-state index in [1.54, 1.807) is 0 Å². The first-order valence-corrected chi connectivity index (χ1v) is 8.40. The monoisotopic (exact) mass is 347 g/mol. The van der Waals surface area contributed by atoms with Gasteiger partial charge in [0.2, 0.25) is 0 Å². The number of para-hydroxylation sites is 1. The van der Waals surface area contributed by atoms with Crippen molar-refractivity contribution >= 4 is 27.4 Å². The highest BCUT2D eigenvalue weighted by atomic mass is 79.9. The number of aromatic nitrogens is 2. The van der Waals surface area contributed by atoms with Gasteiger partial charge in [-0.3, -0.25) is 0 Å². The van der Waals surface area contributed by atoms with Crippen LogP contribution in [-0.4, -0.2) is 16.5 Å². The number of benzene rings is 1. The fraction of sp³-hybridized carbons (Fsp3) is 0.412. The zero-order valence-corrected chi connectivity index (χ0v) is 14.3. The summed E-state index contributed by atoms with van der Waals surface area (Å²) in [4.78, 5) is 11.5. The SMILES string of the molecule is CCCCN(c1ccccc1)c1cc(Br)nc(CCC)n1. The molecule has 0 aliphatic carbocycles. The van der Waals surface area contributed by atoms with Gasteiger partial charge in [-0.05, 0) is 40.9 Å². The lowest BCUT2D eigenvalue weighted by Crippen LogP contribution is -2.20. The summed E-state index contributed by atoms with van der Waals surface area (Å²) in [7, 11) is 0. The topological polar surface area (TPSA) is 29.0 Å². The maximum atomic E-state index is 4.74. The van der Waals surface area contributed by atoms with Gasteiger partial charge < -0.3 is 4.90 Å². The van der Waals surface area contributed by atoms with Gasteiger partial charge in [-0.25, -0.2) is 9.97 Å². The number of nitrogens with zero attached hydrogens (tertiary/aromatic N) is 3. The van der Waals surface area contributed by atoms with Crippen molar-refractivity contribution in [3.8, 4) is 0 Å². The van der Waals surface area contributed by atoms with Gasteiger partial charge in [-0.2, -0.15) is 0 Å². The number of anilines is 2. The predicted octanol–water partition coefficient (Wildman–Crippen LogP) is 5.13. The van der Waals surface area contributed by atoms with E-state index >= 15 is 0 Å². The fourth-order valence-corrected chi connectivity index (χ4v) is 2.63. The lowest BCUT2D eigenvalue weighted by Gasteiger charge is -2.24. The zero-order chi connectivity index (χ0) is 15.1. The number of unbranched alkanes of at least 4 members (excludes halogenated alkanes) is 1. The van der Waals surface area contributed by atoms with Gasteiger partial charge in [0.05, 0.1) is 0 Å². The number of hydrogen-bond donors (Lipinski definition) is 0. The van der Waals surface area contributed by atoms with E-state index in [1.807, 2.05) is 12.1 Å². The smallest absolute Gasteiger partial charge is 0.137 e. The molecule has 0 radical (unpaired) electrons. The van der Waals surface area contributed by atoms with Gasteiger partial charge in [0, 0.05) is 24.7 Å². The van der Waals surface area contributed by atoms with Gasteiger partial charge in [0.15, 0.2) is 0 Å². The molecule has 0 unspecified atom stereocenters. The summed E-state index contributed by atoms with van der Waals surface area (Å²) in [6, 6.07) is 12.4. The maximum Gasteiger partial charge on any atom is 0.137 e. The molecule has 0 amide bonds. The summed E-state index contributed by atoms with van der Waals surface area (Å²) in [5, 5.41) is 0. The molecule has 0 aliphatic rings. The van der Waals surface area contributed by atoms with E-state index in [0.29, 0.717) is 0 Å². The van der Waals surface area contributed by atoms with Crippen molar-refractivity contribution in [1.82, 2.24) is 9.97 Å². The lowest BCUT2D eigenvalue weighted by atomic mass is 10.2. The first-order valence-electron chi connectivity index (χ1n) is 7.60. The highest BCUT2D eigenvalue weighted by molar-refractivity contribution is 9.10. The van der Waals surface area contributed by atoms with Crippen molar-refractivity contribution in [1.29, 1.82) is 0 Å². The maximum absolute atomic E-state index is 4.74. The minimum absolute atomic E-state index is 0.855. The number of rotatable bonds is 7. The van der Waals surface area contributed by atoms with E-state index in [2.05, 4.69) is 63.9 Å². The molecule has 0 atom stereocenters. The highest BCUT2D eigenvalue weighted by Crippen LogP contribution is 2.26. The van der Waals surface area contributed by atoms with Gasteiger partial charge in [-0.15, -0.1) is 0 Å². The molecule has 1 heterocycles. The molecular weight excluding hydrogens is 326 g/mol. The number of hydrogen-bond acceptors (Lipinski definition) is 3. The molecular formula is C17H22BrN3. The number of aryl methyl sites for hydroxylation is 1. The summed E-state index contributed by atoms with van der Waals surface area (Å²) < 4.78 is 0.855. The van der Waals surface area contributed by atoms with Gasteiger partial charge in [0.25, 0.3) is 0 Å². The molecule has 3 nitrogen and oxygen atoms in total.